The van der Waals surface area contributed by atoms with E-state index in [2.05, 4.69) is 10.3 Å². The first-order chi connectivity index (χ1) is 10.2. The minimum atomic E-state index is -0.464. The Morgan fingerprint density at radius 2 is 2.18 bits per heavy atom. The molecule has 1 atom stereocenters. The van der Waals surface area contributed by atoms with E-state index in [9.17, 15) is 4.79 Å². The van der Waals surface area contributed by atoms with Crippen molar-refractivity contribution in [2.75, 3.05) is 18.4 Å². The lowest BCUT2D eigenvalue weighted by molar-refractivity contribution is 0.0206. The molecule has 0 aliphatic carbocycles. The third-order valence-corrected chi connectivity index (χ3v) is 3.70. The molecule has 1 aromatic heterocycles. The van der Waals surface area contributed by atoms with Crippen LogP contribution in [0, 0.1) is 6.92 Å². The van der Waals surface area contributed by atoms with E-state index < -0.39 is 5.60 Å². The van der Waals surface area contributed by atoms with Crippen LogP contribution in [0.1, 0.15) is 39.3 Å². The van der Waals surface area contributed by atoms with Crippen LogP contribution in [0.5, 0.6) is 0 Å². The Balaban J connectivity index is 1.97. The SMILES string of the molecule is Cc1nc(Cl)ccc1NC1CCCN(C(=O)OC(C)(C)C)C1. The van der Waals surface area contributed by atoms with E-state index in [-0.39, 0.29) is 12.1 Å². The van der Waals surface area contributed by atoms with Gasteiger partial charge in [0.15, 0.2) is 0 Å². The number of rotatable bonds is 2. The van der Waals surface area contributed by atoms with E-state index in [1.54, 1.807) is 11.0 Å². The lowest BCUT2D eigenvalue weighted by Crippen LogP contribution is -2.47. The monoisotopic (exact) mass is 325 g/mol. The number of hydrogen-bond acceptors (Lipinski definition) is 4. The second-order valence-electron chi connectivity index (χ2n) is 6.68. The summed E-state index contributed by atoms with van der Waals surface area (Å²) in [5.74, 6) is 0. The number of piperidine rings is 1. The van der Waals surface area contributed by atoms with Crippen LogP contribution in [0.25, 0.3) is 0 Å². The number of anilines is 1. The quantitative estimate of drug-likeness (QED) is 0.839. The maximum Gasteiger partial charge on any atom is 0.410 e. The Morgan fingerprint density at radius 1 is 1.45 bits per heavy atom. The van der Waals surface area contributed by atoms with Crippen molar-refractivity contribution in [3.63, 3.8) is 0 Å². The smallest absolute Gasteiger partial charge is 0.410 e. The number of carbonyl (C=O) groups excluding carboxylic acids is 1. The van der Waals surface area contributed by atoms with Gasteiger partial charge < -0.3 is 15.0 Å². The van der Waals surface area contributed by atoms with Crippen molar-refractivity contribution in [2.45, 2.75) is 52.2 Å². The number of nitrogens with zero attached hydrogens (tertiary/aromatic N) is 2. The fourth-order valence-electron chi connectivity index (χ4n) is 2.49. The Kier molecular flexibility index (Phi) is 5.16. The van der Waals surface area contributed by atoms with Gasteiger partial charge in [0.25, 0.3) is 0 Å². The van der Waals surface area contributed by atoms with Gasteiger partial charge in [-0.15, -0.1) is 0 Å². The van der Waals surface area contributed by atoms with Crippen LogP contribution in [0.15, 0.2) is 12.1 Å². The summed E-state index contributed by atoms with van der Waals surface area (Å²) in [5.41, 5.74) is 1.36. The molecule has 1 aromatic rings. The highest BCUT2D eigenvalue weighted by molar-refractivity contribution is 6.29. The summed E-state index contributed by atoms with van der Waals surface area (Å²) in [4.78, 5) is 18.2. The lowest BCUT2D eigenvalue weighted by Gasteiger charge is -2.35. The average Bonchev–Trinajstić information content (AvgIpc) is 2.40. The van der Waals surface area contributed by atoms with Gasteiger partial charge in [-0.25, -0.2) is 9.78 Å². The zero-order valence-corrected chi connectivity index (χ0v) is 14.4. The number of pyridine rings is 1. The molecule has 1 amide bonds. The molecule has 1 N–H and O–H groups in total. The predicted molar refractivity (Wildman–Crippen MR) is 88.4 cm³/mol. The molecule has 1 aliphatic heterocycles. The third kappa shape index (κ3) is 4.77. The standard InChI is InChI=1S/C16H24ClN3O2/c1-11-13(7-8-14(17)18-11)19-12-6-5-9-20(10-12)15(21)22-16(2,3)4/h7-8,12,19H,5-6,9-10H2,1-4H3. The van der Waals surface area contributed by atoms with Gasteiger partial charge in [-0.3, -0.25) is 0 Å². The van der Waals surface area contributed by atoms with Crippen molar-refractivity contribution in [2.24, 2.45) is 0 Å². The normalized spacial score (nSPS) is 19.0. The fourth-order valence-corrected chi connectivity index (χ4v) is 2.68. The van der Waals surface area contributed by atoms with Gasteiger partial charge >= 0.3 is 6.09 Å². The maximum absolute atomic E-state index is 12.2. The molecule has 1 saturated heterocycles. The number of ether oxygens (including phenoxy) is 1. The van der Waals surface area contributed by atoms with Crippen LogP contribution in [0.4, 0.5) is 10.5 Å². The molecule has 6 heteroatoms. The molecule has 1 aliphatic rings. The molecule has 0 radical (unpaired) electrons. The molecule has 122 valence electrons. The summed E-state index contributed by atoms with van der Waals surface area (Å²) >= 11 is 5.88. The minimum absolute atomic E-state index is 0.197. The molecular weight excluding hydrogens is 302 g/mol. The van der Waals surface area contributed by atoms with E-state index in [0.29, 0.717) is 11.7 Å². The zero-order valence-electron chi connectivity index (χ0n) is 13.6. The minimum Gasteiger partial charge on any atom is -0.444 e. The van der Waals surface area contributed by atoms with Crippen molar-refractivity contribution < 1.29 is 9.53 Å². The first-order valence-electron chi connectivity index (χ1n) is 7.62. The van der Waals surface area contributed by atoms with Gasteiger partial charge in [0, 0.05) is 19.1 Å². The number of halogens is 1. The molecule has 22 heavy (non-hydrogen) atoms. The Labute approximate surface area is 137 Å². The molecule has 2 heterocycles. The van der Waals surface area contributed by atoms with Gasteiger partial charge in [-0.1, -0.05) is 11.6 Å². The summed E-state index contributed by atoms with van der Waals surface area (Å²) in [5, 5.41) is 3.94. The van der Waals surface area contributed by atoms with E-state index in [1.807, 2.05) is 33.8 Å². The number of aromatic nitrogens is 1. The first-order valence-corrected chi connectivity index (χ1v) is 8.00. The van der Waals surface area contributed by atoms with E-state index in [1.165, 1.54) is 0 Å². The number of nitrogens with one attached hydrogen (secondary N) is 1. The summed E-state index contributed by atoms with van der Waals surface area (Å²) in [6.45, 7) is 8.94. The third-order valence-electron chi connectivity index (χ3n) is 3.48. The van der Waals surface area contributed by atoms with Crippen molar-refractivity contribution >= 4 is 23.4 Å². The number of carbonyl (C=O) groups is 1. The fraction of sp³-hybridized carbons (Fsp3) is 0.625. The highest BCUT2D eigenvalue weighted by Crippen LogP contribution is 2.21. The molecule has 1 unspecified atom stereocenters. The first kappa shape index (κ1) is 16.9. The average molecular weight is 326 g/mol. The summed E-state index contributed by atoms with van der Waals surface area (Å²) < 4.78 is 5.44. The van der Waals surface area contributed by atoms with E-state index in [4.69, 9.17) is 16.3 Å². The second kappa shape index (κ2) is 6.73. The predicted octanol–water partition coefficient (Wildman–Crippen LogP) is 3.85. The van der Waals surface area contributed by atoms with Gasteiger partial charge in [0.1, 0.15) is 10.8 Å². The summed E-state index contributed by atoms with van der Waals surface area (Å²) in [6, 6.07) is 3.89. The highest BCUT2D eigenvalue weighted by atomic mass is 35.5. The molecule has 1 fully saturated rings. The van der Waals surface area contributed by atoms with Crippen molar-refractivity contribution in [1.29, 1.82) is 0 Å². The van der Waals surface area contributed by atoms with E-state index in [0.717, 1.165) is 30.8 Å². The summed E-state index contributed by atoms with van der Waals surface area (Å²) in [6.07, 6.45) is 1.73. The van der Waals surface area contributed by atoms with Gasteiger partial charge in [0.05, 0.1) is 11.4 Å². The highest BCUT2D eigenvalue weighted by Gasteiger charge is 2.27. The summed E-state index contributed by atoms with van der Waals surface area (Å²) in [7, 11) is 0. The molecule has 0 aromatic carbocycles. The van der Waals surface area contributed by atoms with Crippen LogP contribution in [0.3, 0.4) is 0 Å². The molecule has 5 nitrogen and oxygen atoms in total. The van der Waals surface area contributed by atoms with Crippen LogP contribution in [0.2, 0.25) is 5.15 Å². The Hall–Kier alpha value is -1.49. The van der Waals surface area contributed by atoms with E-state index >= 15 is 0 Å². The van der Waals surface area contributed by atoms with Gasteiger partial charge in [-0.2, -0.15) is 0 Å². The number of amides is 1. The van der Waals surface area contributed by atoms with Crippen LogP contribution < -0.4 is 5.32 Å². The van der Waals surface area contributed by atoms with Crippen molar-refractivity contribution in [3.8, 4) is 0 Å². The van der Waals surface area contributed by atoms with Crippen LogP contribution in [-0.2, 0) is 4.74 Å². The van der Waals surface area contributed by atoms with Gasteiger partial charge in [0.2, 0.25) is 0 Å². The molecule has 0 spiro atoms. The van der Waals surface area contributed by atoms with Gasteiger partial charge in [-0.05, 0) is 52.7 Å². The lowest BCUT2D eigenvalue weighted by atomic mass is 10.1. The Morgan fingerprint density at radius 3 is 2.82 bits per heavy atom. The topological polar surface area (TPSA) is 54.5 Å². The molecule has 0 bridgehead atoms. The van der Waals surface area contributed by atoms with Crippen molar-refractivity contribution in [1.82, 2.24) is 9.88 Å². The second-order valence-corrected chi connectivity index (χ2v) is 7.06. The zero-order chi connectivity index (χ0) is 16.3. The number of hydrogen-bond donors (Lipinski definition) is 1. The maximum atomic E-state index is 12.2. The largest absolute Gasteiger partial charge is 0.444 e. The van der Waals surface area contributed by atoms with Crippen LogP contribution >= 0.6 is 11.6 Å². The molecular formula is C16H24ClN3O2. The Bertz CT molecular complexity index is 543. The molecule has 2 rings (SSSR count). The number of aryl methyl sites for hydroxylation is 1. The molecule has 0 saturated carbocycles. The van der Waals surface area contributed by atoms with Crippen LogP contribution in [-0.4, -0.2) is 40.7 Å². The van der Waals surface area contributed by atoms with Crippen molar-refractivity contribution in [3.05, 3.63) is 23.0 Å². The number of likely N-dealkylation sites (tertiary alicyclic amines) is 1.